The first kappa shape index (κ1) is 15.4. The molecule has 0 atom stereocenters. The van der Waals surface area contributed by atoms with Gasteiger partial charge in [-0.15, -0.1) is 0 Å². The summed E-state index contributed by atoms with van der Waals surface area (Å²) in [4.78, 5) is 9.97. The zero-order valence-electron chi connectivity index (χ0n) is 11.3. The molecule has 0 amide bonds. The van der Waals surface area contributed by atoms with E-state index >= 15 is 0 Å². The monoisotopic (exact) mass is 271 g/mol. The van der Waals surface area contributed by atoms with Crippen molar-refractivity contribution in [1.82, 2.24) is 0 Å². The van der Waals surface area contributed by atoms with Gasteiger partial charge in [0.2, 0.25) is 5.82 Å². The molecule has 0 aliphatic rings. The lowest BCUT2D eigenvalue weighted by Gasteiger charge is -2.14. The Morgan fingerprint density at radius 3 is 2.58 bits per heavy atom. The number of ether oxygens (including phenoxy) is 2. The number of nitrogens with zero attached hydrogens (tertiary/aromatic N) is 1. The van der Waals surface area contributed by atoms with Crippen molar-refractivity contribution >= 4 is 5.69 Å². The molecule has 1 aromatic carbocycles. The maximum Gasteiger partial charge on any atom is 0.308 e. The van der Waals surface area contributed by atoms with Gasteiger partial charge in [-0.1, -0.05) is 13.8 Å². The summed E-state index contributed by atoms with van der Waals surface area (Å²) in [6, 6.07) is 2.33. The lowest BCUT2D eigenvalue weighted by Crippen LogP contribution is -2.05. The first-order chi connectivity index (χ1) is 8.97. The number of rotatable bonds is 7. The van der Waals surface area contributed by atoms with Gasteiger partial charge >= 0.3 is 5.69 Å². The number of hydrogen-bond acceptors (Lipinski definition) is 4. The third-order valence-electron chi connectivity index (χ3n) is 2.65. The van der Waals surface area contributed by atoms with E-state index in [4.69, 9.17) is 9.47 Å². The minimum atomic E-state index is -0.835. The highest BCUT2D eigenvalue weighted by atomic mass is 19.1. The first-order valence-electron chi connectivity index (χ1n) is 6.07. The molecule has 0 heterocycles. The third-order valence-corrected chi connectivity index (χ3v) is 2.65. The van der Waals surface area contributed by atoms with Crippen LogP contribution >= 0.6 is 0 Å². The molecule has 0 N–H and O–H groups in total. The number of hydrogen-bond donors (Lipinski definition) is 0. The molecule has 106 valence electrons. The summed E-state index contributed by atoms with van der Waals surface area (Å²) in [5.41, 5.74) is 0.0617. The van der Waals surface area contributed by atoms with Crippen LogP contribution in [0, 0.1) is 15.9 Å². The summed E-state index contributed by atoms with van der Waals surface area (Å²) in [6.45, 7) is 4.67. The molecule has 0 aromatic heterocycles. The molecule has 0 spiro atoms. The van der Waals surface area contributed by atoms with Crippen molar-refractivity contribution in [2.24, 2.45) is 0 Å². The van der Waals surface area contributed by atoms with Crippen molar-refractivity contribution in [3.05, 3.63) is 33.6 Å². The molecule has 1 rings (SSSR count). The SMILES string of the molecule is COCCCOc1cc([N+](=O)[O-])c(F)cc1C(C)C. The van der Waals surface area contributed by atoms with Crippen molar-refractivity contribution in [3.8, 4) is 5.75 Å². The zero-order valence-corrected chi connectivity index (χ0v) is 11.3. The second kappa shape index (κ2) is 7.04. The van der Waals surface area contributed by atoms with E-state index in [9.17, 15) is 14.5 Å². The van der Waals surface area contributed by atoms with Gasteiger partial charge in [-0.25, -0.2) is 0 Å². The highest BCUT2D eigenvalue weighted by Crippen LogP contribution is 2.32. The van der Waals surface area contributed by atoms with Gasteiger partial charge < -0.3 is 9.47 Å². The maximum atomic E-state index is 13.6. The summed E-state index contributed by atoms with van der Waals surface area (Å²) >= 11 is 0. The van der Waals surface area contributed by atoms with Crippen LogP contribution in [0.15, 0.2) is 12.1 Å². The Balaban J connectivity index is 2.97. The van der Waals surface area contributed by atoms with E-state index in [1.54, 1.807) is 7.11 Å². The molecule has 1 aromatic rings. The largest absolute Gasteiger partial charge is 0.493 e. The molecular formula is C13H18FNO4. The van der Waals surface area contributed by atoms with Gasteiger partial charge in [0.05, 0.1) is 17.6 Å². The molecule has 0 aliphatic heterocycles. The van der Waals surface area contributed by atoms with Crippen molar-refractivity contribution < 1.29 is 18.8 Å². The molecule has 0 saturated carbocycles. The van der Waals surface area contributed by atoms with E-state index in [-0.39, 0.29) is 5.92 Å². The second-order valence-corrected chi connectivity index (χ2v) is 4.45. The molecule has 0 bridgehead atoms. The van der Waals surface area contributed by atoms with Crippen LogP contribution in [0.4, 0.5) is 10.1 Å². The third kappa shape index (κ3) is 4.17. The van der Waals surface area contributed by atoms with Gasteiger partial charge in [-0.3, -0.25) is 10.1 Å². The van der Waals surface area contributed by atoms with Crippen LogP contribution in [-0.2, 0) is 4.74 Å². The lowest BCUT2D eigenvalue weighted by molar-refractivity contribution is -0.387. The Morgan fingerprint density at radius 2 is 2.05 bits per heavy atom. The van der Waals surface area contributed by atoms with E-state index in [1.165, 1.54) is 6.07 Å². The van der Waals surface area contributed by atoms with Crippen LogP contribution in [0.1, 0.15) is 31.7 Å². The molecule has 0 aliphatic carbocycles. The number of benzene rings is 1. The van der Waals surface area contributed by atoms with Gasteiger partial charge in [0.25, 0.3) is 0 Å². The van der Waals surface area contributed by atoms with Crippen molar-refractivity contribution in [1.29, 1.82) is 0 Å². The fourth-order valence-electron chi connectivity index (χ4n) is 1.66. The van der Waals surface area contributed by atoms with E-state index < -0.39 is 16.4 Å². The summed E-state index contributed by atoms with van der Waals surface area (Å²) < 4.78 is 24.0. The topological polar surface area (TPSA) is 61.6 Å². The van der Waals surface area contributed by atoms with Gasteiger partial charge in [-0.2, -0.15) is 4.39 Å². The summed E-state index contributed by atoms with van der Waals surface area (Å²) in [5.74, 6) is -0.454. The molecule has 0 saturated heterocycles. The van der Waals surface area contributed by atoms with Crippen molar-refractivity contribution in [2.45, 2.75) is 26.2 Å². The Kier molecular flexibility index (Phi) is 5.69. The fraction of sp³-hybridized carbons (Fsp3) is 0.538. The molecule has 0 fully saturated rings. The average molecular weight is 271 g/mol. The number of halogens is 1. The first-order valence-corrected chi connectivity index (χ1v) is 6.07. The number of methoxy groups -OCH3 is 1. The Bertz CT molecular complexity index is 449. The zero-order chi connectivity index (χ0) is 14.4. The van der Waals surface area contributed by atoms with E-state index in [0.717, 1.165) is 6.07 Å². The van der Waals surface area contributed by atoms with Gasteiger partial charge in [0, 0.05) is 25.7 Å². The van der Waals surface area contributed by atoms with Gasteiger partial charge in [0.15, 0.2) is 0 Å². The van der Waals surface area contributed by atoms with Crippen LogP contribution in [-0.4, -0.2) is 25.2 Å². The van der Waals surface area contributed by atoms with Crippen molar-refractivity contribution in [3.63, 3.8) is 0 Å². The summed E-state index contributed by atoms with van der Waals surface area (Å²) in [6.07, 6.45) is 0.666. The van der Waals surface area contributed by atoms with Crippen LogP contribution in [0.25, 0.3) is 0 Å². The minimum Gasteiger partial charge on any atom is -0.493 e. The van der Waals surface area contributed by atoms with Crippen LogP contribution in [0.2, 0.25) is 0 Å². The highest BCUT2D eigenvalue weighted by Gasteiger charge is 2.20. The van der Waals surface area contributed by atoms with E-state index in [2.05, 4.69) is 0 Å². The highest BCUT2D eigenvalue weighted by molar-refractivity contribution is 5.46. The molecule has 5 nitrogen and oxygen atoms in total. The van der Waals surface area contributed by atoms with Gasteiger partial charge in [0.1, 0.15) is 5.75 Å². The van der Waals surface area contributed by atoms with Crippen LogP contribution < -0.4 is 4.74 Å². The summed E-state index contributed by atoms with van der Waals surface area (Å²) in [7, 11) is 1.59. The molecular weight excluding hydrogens is 253 g/mol. The average Bonchev–Trinajstić information content (AvgIpc) is 2.35. The van der Waals surface area contributed by atoms with E-state index in [1.807, 2.05) is 13.8 Å². The molecule has 6 heteroatoms. The predicted octanol–water partition coefficient (Wildman–Crippen LogP) is 3.27. The van der Waals surface area contributed by atoms with Gasteiger partial charge in [-0.05, 0) is 12.0 Å². The molecule has 0 unspecified atom stereocenters. The fourth-order valence-corrected chi connectivity index (χ4v) is 1.66. The Labute approximate surface area is 111 Å². The van der Waals surface area contributed by atoms with Crippen LogP contribution in [0.3, 0.4) is 0 Å². The molecule has 19 heavy (non-hydrogen) atoms. The number of nitro groups is 1. The van der Waals surface area contributed by atoms with Crippen LogP contribution in [0.5, 0.6) is 5.75 Å². The predicted molar refractivity (Wildman–Crippen MR) is 69.1 cm³/mol. The maximum absolute atomic E-state index is 13.6. The molecule has 0 radical (unpaired) electrons. The summed E-state index contributed by atoms with van der Waals surface area (Å²) in [5, 5.41) is 10.7. The quantitative estimate of drug-likeness (QED) is 0.434. The Hall–Kier alpha value is -1.69. The minimum absolute atomic E-state index is 0.0210. The lowest BCUT2D eigenvalue weighted by atomic mass is 10.0. The van der Waals surface area contributed by atoms with E-state index in [0.29, 0.717) is 30.9 Å². The Morgan fingerprint density at radius 1 is 1.37 bits per heavy atom. The second-order valence-electron chi connectivity index (χ2n) is 4.45. The van der Waals surface area contributed by atoms with Crippen molar-refractivity contribution in [2.75, 3.05) is 20.3 Å². The normalized spacial score (nSPS) is 10.8. The standard InChI is InChI=1S/C13H18FNO4/c1-9(2)10-7-11(14)12(15(16)17)8-13(10)19-6-4-5-18-3/h7-9H,4-6H2,1-3H3. The smallest absolute Gasteiger partial charge is 0.308 e. The number of nitro benzene ring substituents is 1.